The Bertz CT molecular complexity index is 1310. The van der Waals surface area contributed by atoms with Crippen molar-refractivity contribution in [1.29, 1.82) is 5.26 Å². The first-order valence-corrected chi connectivity index (χ1v) is 12.6. The summed E-state index contributed by atoms with van der Waals surface area (Å²) in [5.41, 5.74) is 3.77. The number of nitrogen functional groups attached to an aromatic ring is 1. The zero-order chi connectivity index (χ0) is 27.8. The quantitative estimate of drug-likeness (QED) is 0.431. The van der Waals surface area contributed by atoms with Crippen molar-refractivity contribution in [2.45, 2.75) is 69.5 Å². The van der Waals surface area contributed by atoms with Gasteiger partial charge in [-0.3, -0.25) is 9.59 Å². The van der Waals surface area contributed by atoms with E-state index in [-0.39, 0.29) is 30.5 Å². The minimum Gasteiger partial charge on any atom is -0.455 e. The zero-order valence-electron chi connectivity index (χ0n) is 21.5. The van der Waals surface area contributed by atoms with Gasteiger partial charge in [-0.15, -0.1) is 0 Å². The van der Waals surface area contributed by atoms with Gasteiger partial charge < -0.3 is 34.2 Å². The Balaban J connectivity index is 1.49. The van der Waals surface area contributed by atoms with Crippen LogP contribution in [0.25, 0.3) is 5.52 Å². The number of anilines is 1. The second-order valence-corrected chi connectivity index (χ2v) is 10.5. The van der Waals surface area contributed by atoms with Gasteiger partial charge in [-0.1, -0.05) is 13.8 Å². The molecule has 208 valence electrons. The van der Waals surface area contributed by atoms with Crippen LogP contribution in [0.15, 0.2) is 18.5 Å². The molecule has 0 spiro atoms. The van der Waals surface area contributed by atoms with E-state index in [1.165, 1.54) is 16.9 Å². The normalized spacial score (nSPS) is 29.2. The fourth-order valence-corrected chi connectivity index (χ4v) is 5.14. The van der Waals surface area contributed by atoms with E-state index in [0.29, 0.717) is 31.6 Å². The molecule has 14 heteroatoms. The van der Waals surface area contributed by atoms with Gasteiger partial charge in [0.05, 0.1) is 31.7 Å². The van der Waals surface area contributed by atoms with Crippen molar-refractivity contribution in [3.05, 3.63) is 24.2 Å². The summed E-state index contributed by atoms with van der Waals surface area (Å²) in [7, 11) is 0. The summed E-state index contributed by atoms with van der Waals surface area (Å²) in [6.45, 7) is 3.96. The van der Waals surface area contributed by atoms with Crippen molar-refractivity contribution < 1.29 is 42.8 Å². The van der Waals surface area contributed by atoms with Gasteiger partial charge in [0.1, 0.15) is 36.7 Å². The second kappa shape index (κ2) is 10.3. The molecule has 0 bridgehead atoms. The summed E-state index contributed by atoms with van der Waals surface area (Å²) in [6, 6.07) is 5.22. The van der Waals surface area contributed by atoms with Gasteiger partial charge in [0.25, 0.3) is 0 Å². The lowest BCUT2D eigenvalue weighted by molar-refractivity contribution is -0.166. The molecule has 5 heterocycles. The highest BCUT2D eigenvalue weighted by Crippen LogP contribution is 2.45. The third kappa shape index (κ3) is 5.19. The first-order chi connectivity index (χ1) is 18.6. The van der Waals surface area contributed by atoms with Gasteiger partial charge >= 0.3 is 18.1 Å². The summed E-state index contributed by atoms with van der Waals surface area (Å²) in [6.07, 6.45) is -3.09. The lowest BCUT2D eigenvalue weighted by atomic mass is 9.86. The summed E-state index contributed by atoms with van der Waals surface area (Å²) in [5, 5.41) is 14.7. The van der Waals surface area contributed by atoms with Gasteiger partial charge in [0, 0.05) is 12.8 Å². The maximum Gasteiger partial charge on any atom is 0.508 e. The summed E-state index contributed by atoms with van der Waals surface area (Å²) in [4.78, 5) is 42.3. The third-order valence-corrected chi connectivity index (χ3v) is 7.00. The molecule has 0 amide bonds. The van der Waals surface area contributed by atoms with E-state index in [2.05, 4.69) is 16.2 Å². The predicted molar refractivity (Wildman–Crippen MR) is 129 cm³/mol. The van der Waals surface area contributed by atoms with Crippen LogP contribution in [0.1, 0.15) is 45.2 Å². The molecule has 3 aliphatic rings. The molecule has 39 heavy (non-hydrogen) atoms. The number of carbonyl (C=O) groups excluding carboxylic acids is 3. The number of fused-ring (bicyclic) bond motifs is 2. The molecule has 0 unspecified atom stereocenters. The minimum absolute atomic E-state index is 0.0813. The zero-order valence-corrected chi connectivity index (χ0v) is 21.5. The Morgan fingerprint density at radius 2 is 1.92 bits per heavy atom. The van der Waals surface area contributed by atoms with Crippen molar-refractivity contribution in [3.8, 4) is 6.07 Å². The topological polar surface area (TPSA) is 187 Å². The molecular weight excluding hydrogens is 514 g/mol. The molecule has 0 radical (unpaired) electrons. The highest BCUT2D eigenvalue weighted by molar-refractivity contribution is 5.75. The molecule has 0 aliphatic carbocycles. The number of nitrogens with two attached hydrogens (primary N) is 1. The second-order valence-electron chi connectivity index (χ2n) is 10.5. The lowest BCUT2D eigenvalue weighted by Gasteiger charge is -2.28. The molecular formula is C25H29N5O9. The van der Waals surface area contributed by atoms with E-state index in [4.69, 9.17) is 34.2 Å². The number of rotatable bonds is 4. The Labute approximate surface area is 223 Å². The highest BCUT2D eigenvalue weighted by atomic mass is 16.7. The molecule has 3 fully saturated rings. The van der Waals surface area contributed by atoms with Gasteiger partial charge in [-0.2, -0.15) is 10.4 Å². The molecule has 3 aliphatic heterocycles. The van der Waals surface area contributed by atoms with E-state index in [1.807, 2.05) is 0 Å². The van der Waals surface area contributed by atoms with Crippen molar-refractivity contribution in [2.24, 2.45) is 5.41 Å². The number of esters is 2. The molecule has 4 atom stereocenters. The average molecular weight is 544 g/mol. The van der Waals surface area contributed by atoms with Crippen LogP contribution in [0.5, 0.6) is 0 Å². The summed E-state index contributed by atoms with van der Waals surface area (Å²) >= 11 is 0. The largest absolute Gasteiger partial charge is 0.508 e. The smallest absolute Gasteiger partial charge is 0.455 e. The van der Waals surface area contributed by atoms with Crippen molar-refractivity contribution in [1.82, 2.24) is 14.6 Å². The fraction of sp³-hybridized carbons (Fsp3) is 0.600. The Hall–Kier alpha value is -3.96. The van der Waals surface area contributed by atoms with Crippen LogP contribution in [0.3, 0.4) is 0 Å². The van der Waals surface area contributed by atoms with Crippen LogP contribution in [0.4, 0.5) is 10.6 Å². The third-order valence-electron chi connectivity index (χ3n) is 7.00. The van der Waals surface area contributed by atoms with Gasteiger partial charge in [-0.25, -0.2) is 14.3 Å². The first-order valence-electron chi connectivity index (χ1n) is 12.6. The average Bonchev–Trinajstić information content (AvgIpc) is 3.44. The van der Waals surface area contributed by atoms with E-state index < -0.39 is 54.0 Å². The summed E-state index contributed by atoms with van der Waals surface area (Å²) in [5.74, 6) is -1.12. The van der Waals surface area contributed by atoms with E-state index in [9.17, 15) is 19.6 Å². The van der Waals surface area contributed by atoms with Crippen LogP contribution < -0.4 is 5.73 Å². The van der Waals surface area contributed by atoms with Crippen LogP contribution in [-0.4, -0.2) is 76.9 Å². The van der Waals surface area contributed by atoms with Crippen molar-refractivity contribution >= 4 is 29.4 Å². The molecule has 2 N–H and O–H groups in total. The van der Waals surface area contributed by atoms with Crippen LogP contribution in [0.2, 0.25) is 0 Å². The van der Waals surface area contributed by atoms with Gasteiger partial charge in [0.2, 0.25) is 5.60 Å². The molecule has 2 aromatic heterocycles. The standard InChI is InChI=1S/C25H29N5O9/c1-24(2)9-18(31)37-20-16(11-35-23(33)36-14-5-7-34-8-6-14)39-25(12-26,21(20)38-19(32)10-24)17-4-3-15-22(27)28-13-29-30(15)17/h3-4,13-14,16,20-21H,5-11H2,1-2H3,(H2,27,28,29)/t16-,20-,21-,25+/m1/s1. The number of hydrogen-bond donors (Lipinski definition) is 1. The summed E-state index contributed by atoms with van der Waals surface area (Å²) < 4.78 is 35.0. The first kappa shape index (κ1) is 26.6. The van der Waals surface area contributed by atoms with E-state index in [1.54, 1.807) is 19.9 Å². The Morgan fingerprint density at radius 3 is 2.64 bits per heavy atom. The van der Waals surface area contributed by atoms with E-state index in [0.717, 1.165) is 0 Å². The molecule has 14 nitrogen and oxygen atoms in total. The molecule has 5 rings (SSSR count). The monoisotopic (exact) mass is 543 g/mol. The molecule has 0 aromatic carbocycles. The fourth-order valence-electron chi connectivity index (χ4n) is 5.14. The highest BCUT2D eigenvalue weighted by Gasteiger charge is 2.63. The Kier molecular flexibility index (Phi) is 7.04. The lowest BCUT2D eigenvalue weighted by Crippen LogP contribution is -2.45. The SMILES string of the molecule is CC1(C)CC(=O)O[C@H]2[C@@H](OC(=O)C1)[C@](C#N)(c1ccc3c(N)ncnn13)O[C@@H]2COC(=O)OC1CCOCC1. The van der Waals surface area contributed by atoms with Crippen LogP contribution in [0, 0.1) is 16.7 Å². The number of nitriles is 1. The van der Waals surface area contributed by atoms with Gasteiger partial charge in [0.15, 0.2) is 18.0 Å². The number of nitrogens with zero attached hydrogens (tertiary/aromatic N) is 4. The number of carbonyl (C=O) groups is 3. The van der Waals surface area contributed by atoms with Crippen LogP contribution >= 0.6 is 0 Å². The van der Waals surface area contributed by atoms with Gasteiger partial charge in [-0.05, 0) is 17.5 Å². The molecule has 2 aromatic rings. The molecule has 0 saturated carbocycles. The predicted octanol–water partition coefficient (Wildman–Crippen LogP) is 1.40. The van der Waals surface area contributed by atoms with Crippen molar-refractivity contribution in [2.75, 3.05) is 25.6 Å². The molecule has 3 saturated heterocycles. The van der Waals surface area contributed by atoms with Crippen LogP contribution in [-0.2, 0) is 43.6 Å². The van der Waals surface area contributed by atoms with E-state index >= 15 is 0 Å². The Morgan fingerprint density at radius 1 is 1.21 bits per heavy atom. The van der Waals surface area contributed by atoms with Crippen molar-refractivity contribution in [3.63, 3.8) is 0 Å². The number of hydrogen-bond acceptors (Lipinski definition) is 13. The minimum atomic E-state index is -2.00. The number of aromatic nitrogens is 3. The maximum atomic E-state index is 13.0. The number of ether oxygens (including phenoxy) is 6. The maximum absolute atomic E-state index is 13.0.